The van der Waals surface area contributed by atoms with E-state index in [2.05, 4.69) is 49.3 Å². The van der Waals surface area contributed by atoms with Crippen LogP contribution in [0.5, 0.6) is 5.75 Å². The summed E-state index contributed by atoms with van der Waals surface area (Å²) in [6, 6.07) is 6.36. The Balaban J connectivity index is 1.80. The van der Waals surface area contributed by atoms with Gasteiger partial charge in [-0.05, 0) is 56.2 Å². The van der Waals surface area contributed by atoms with Crippen molar-refractivity contribution in [1.29, 1.82) is 0 Å². The fourth-order valence-corrected chi connectivity index (χ4v) is 2.62. The molecule has 1 aromatic rings. The van der Waals surface area contributed by atoms with Crippen molar-refractivity contribution in [3.8, 4) is 5.75 Å². The number of nitrogens with one attached hydrogen (secondary N) is 1. The quantitative estimate of drug-likeness (QED) is 0.402. The fraction of sp³-hybridized carbons (Fsp3) is 0.650. The third kappa shape index (κ3) is 6.94. The van der Waals surface area contributed by atoms with Gasteiger partial charge in [-0.25, -0.2) is 0 Å². The largest absolute Gasteiger partial charge is 0.496 e. The number of methoxy groups -OCH3 is 1. The molecule has 1 aliphatic carbocycles. The van der Waals surface area contributed by atoms with Crippen molar-refractivity contribution in [2.45, 2.75) is 33.1 Å². The highest BCUT2D eigenvalue weighted by molar-refractivity contribution is 5.79. The number of likely N-dealkylation sites (N-methyl/N-ethyl adjacent to an activating group) is 1. The number of guanidine groups is 1. The standard InChI is InChI=1S/C20H33N3O2/c1-5-21-20(23(3)12-13-25-15-18-8-9-18)22-11-10-17-7-6-16(2)19(14-17)24-4/h6-7,14,18H,5,8-13,15H2,1-4H3,(H,21,22). The summed E-state index contributed by atoms with van der Waals surface area (Å²) in [6.07, 6.45) is 3.57. The van der Waals surface area contributed by atoms with E-state index in [0.717, 1.165) is 62.5 Å². The molecule has 2 rings (SSSR count). The Kier molecular flexibility index (Phi) is 8.06. The van der Waals surface area contributed by atoms with Crippen LogP contribution in [-0.4, -0.2) is 57.9 Å². The smallest absolute Gasteiger partial charge is 0.193 e. The zero-order valence-corrected chi connectivity index (χ0v) is 16.2. The van der Waals surface area contributed by atoms with Crippen LogP contribution in [0, 0.1) is 12.8 Å². The monoisotopic (exact) mass is 347 g/mol. The van der Waals surface area contributed by atoms with Crippen LogP contribution in [0.3, 0.4) is 0 Å². The molecule has 0 saturated heterocycles. The maximum absolute atomic E-state index is 5.73. The average molecular weight is 348 g/mol. The Morgan fingerprint density at radius 3 is 2.84 bits per heavy atom. The molecule has 5 heteroatoms. The highest BCUT2D eigenvalue weighted by atomic mass is 16.5. The van der Waals surface area contributed by atoms with E-state index in [-0.39, 0.29) is 0 Å². The first kappa shape index (κ1) is 19.6. The zero-order valence-electron chi connectivity index (χ0n) is 16.2. The van der Waals surface area contributed by atoms with Gasteiger partial charge in [0.2, 0.25) is 0 Å². The van der Waals surface area contributed by atoms with Crippen LogP contribution < -0.4 is 10.1 Å². The number of hydrogen-bond donors (Lipinski definition) is 1. The number of rotatable bonds is 10. The minimum atomic E-state index is 0.752. The van der Waals surface area contributed by atoms with E-state index in [1.807, 2.05) is 0 Å². The molecule has 0 radical (unpaired) electrons. The molecule has 0 bridgehead atoms. The summed E-state index contributed by atoms with van der Waals surface area (Å²) >= 11 is 0. The van der Waals surface area contributed by atoms with Crippen LogP contribution in [0.15, 0.2) is 23.2 Å². The highest BCUT2D eigenvalue weighted by Crippen LogP contribution is 2.28. The summed E-state index contributed by atoms with van der Waals surface area (Å²) < 4.78 is 11.1. The maximum atomic E-state index is 5.73. The molecule has 1 saturated carbocycles. The van der Waals surface area contributed by atoms with Crippen LogP contribution in [-0.2, 0) is 11.2 Å². The van der Waals surface area contributed by atoms with Gasteiger partial charge in [0.1, 0.15) is 5.75 Å². The Morgan fingerprint density at radius 2 is 2.16 bits per heavy atom. The summed E-state index contributed by atoms with van der Waals surface area (Å²) in [5, 5.41) is 3.36. The van der Waals surface area contributed by atoms with E-state index in [4.69, 9.17) is 14.5 Å². The van der Waals surface area contributed by atoms with E-state index >= 15 is 0 Å². The van der Waals surface area contributed by atoms with Crippen molar-refractivity contribution in [2.75, 3.05) is 47.0 Å². The average Bonchev–Trinajstić information content (AvgIpc) is 3.43. The molecule has 1 fully saturated rings. The molecule has 1 N–H and O–H groups in total. The lowest BCUT2D eigenvalue weighted by Crippen LogP contribution is -2.40. The minimum absolute atomic E-state index is 0.752. The van der Waals surface area contributed by atoms with Crippen LogP contribution in [0.1, 0.15) is 30.9 Å². The molecule has 0 aliphatic heterocycles. The second-order valence-electron chi connectivity index (χ2n) is 6.73. The molecule has 0 unspecified atom stereocenters. The van der Waals surface area contributed by atoms with Crippen molar-refractivity contribution in [3.63, 3.8) is 0 Å². The Bertz CT molecular complexity index is 556. The molecular formula is C20H33N3O2. The number of aliphatic imine (C=N–C) groups is 1. The molecule has 140 valence electrons. The number of nitrogens with zero attached hydrogens (tertiary/aromatic N) is 2. The first-order valence-corrected chi connectivity index (χ1v) is 9.34. The summed E-state index contributed by atoms with van der Waals surface area (Å²) in [5.41, 5.74) is 2.41. The minimum Gasteiger partial charge on any atom is -0.496 e. The highest BCUT2D eigenvalue weighted by Gasteiger charge is 2.21. The number of ether oxygens (including phenoxy) is 2. The van der Waals surface area contributed by atoms with Crippen molar-refractivity contribution in [1.82, 2.24) is 10.2 Å². The third-order valence-corrected chi connectivity index (χ3v) is 4.45. The predicted molar refractivity (Wildman–Crippen MR) is 104 cm³/mol. The fourth-order valence-electron chi connectivity index (χ4n) is 2.62. The van der Waals surface area contributed by atoms with E-state index in [1.165, 1.54) is 18.4 Å². The number of aryl methyl sites for hydroxylation is 1. The van der Waals surface area contributed by atoms with E-state index in [9.17, 15) is 0 Å². The number of hydrogen-bond acceptors (Lipinski definition) is 3. The van der Waals surface area contributed by atoms with E-state index in [1.54, 1.807) is 7.11 Å². The molecule has 5 nitrogen and oxygen atoms in total. The lowest BCUT2D eigenvalue weighted by atomic mass is 10.1. The lowest BCUT2D eigenvalue weighted by Gasteiger charge is -2.22. The first-order valence-electron chi connectivity index (χ1n) is 9.34. The van der Waals surface area contributed by atoms with E-state index in [0.29, 0.717) is 0 Å². The summed E-state index contributed by atoms with van der Waals surface area (Å²) in [7, 11) is 3.78. The van der Waals surface area contributed by atoms with Crippen LogP contribution in [0.25, 0.3) is 0 Å². The van der Waals surface area contributed by atoms with Crippen molar-refractivity contribution >= 4 is 5.96 Å². The lowest BCUT2D eigenvalue weighted by molar-refractivity contribution is 0.115. The normalized spacial score (nSPS) is 14.5. The van der Waals surface area contributed by atoms with Gasteiger partial charge in [0.25, 0.3) is 0 Å². The van der Waals surface area contributed by atoms with Crippen LogP contribution in [0.4, 0.5) is 0 Å². The Hall–Kier alpha value is -1.75. The van der Waals surface area contributed by atoms with Crippen molar-refractivity contribution < 1.29 is 9.47 Å². The second-order valence-corrected chi connectivity index (χ2v) is 6.73. The second kappa shape index (κ2) is 10.3. The van der Waals surface area contributed by atoms with Gasteiger partial charge in [-0.15, -0.1) is 0 Å². The zero-order chi connectivity index (χ0) is 18.1. The molecule has 0 spiro atoms. The van der Waals surface area contributed by atoms with Gasteiger partial charge < -0.3 is 19.7 Å². The molecule has 25 heavy (non-hydrogen) atoms. The van der Waals surface area contributed by atoms with Gasteiger partial charge in [0.15, 0.2) is 5.96 Å². The van der Waals surface area contributed by atoms with Crippen LogP contribution >= 0.6 is 0 Å². The summed E-state index contributed by atoms with van der Waals surface area (Å²) in [5.74, 6) is 2.70. The van der Waals surface area contributed by atoms with Gasteiger partial charge in [-0.3, -0.25) is 4.99 Å². The van der Waals surface area contributed by atoms with Gasteiger partial charge >= 0.3 is 0 Å². The Morgan fingerprint density at radius 1 is 1.36 bits per heavy atom. The molecule has 1 aliphatic rings. The molecule has 0 heterocycles. The van der Waals surface area contributed by atoms with Crippen LogP contribution in [0.2, 0.25) is 0 Å². The third-order valence-electron chi connectivity index (χ3n) is 4.45. The predicted octanol–water partition coefficient (Wildman–Crippen LogP) is 2.87. The van der Waals surface area contributed by atoms with Gasteiger partial charge in [0.05, 0.1) is 13.7 Å². The molecule has 0 atom stereocenters. The molecular weight excluding hydrogens is 314 g/mol. The van der Waals surface area contributed by atoms with Gasteiger partial charge in [-0.2, -0.15) is 0 Å². The molecule has 1 aromatic carbocycles. The molecule has 0 amide bonds. The summed E-state index contributed by atoms with van der Waals surface area (Å²) in [6.45, 7) is 8.30. The first-order chi connectivity index (χ1) is 12.1. The van der Waals surface area contributed by atoms with E-state index < -0.39 is 0 Å². The number of benzene rings is 1. The SMILES string of the molecule is CCNC(=NCCc1ccc(C)c(OC)c1)N(C)CCOCC1CC1. The van der Waals surface area contributed by atoms with Gasteiger partial charge in [0, 0.05) is 33.3 Å². The van der Waals surface area contributed by atoms with Crippen molar-refractivity contribution in [3.05, 3.63) is 29.3 Å². The van der Waals surface area contributed by atoms with Crippen molar-refractivity contribution in [2.24, 2.45) is 10.9 Å². The van der Waals surface area contributed by atoms with Gasteiger partial charge in [-0.1, -0.05) is 12.1 Å². The maximum Gasteiger partial charge on any atom is 0.193 e. The Labute approximate surface area is 152 Å². The molecule has 0 aromatic heterocycles. The topological polar surface area (TPSA) is 46.1 Å². The summed E-state index contributed by atoms with van der Waals surface area (Å²) in [4.78, 5) is 6.89.